The number of halogens is 2. The highest BCUT2D eigenvalue weighted by molar-refractivity contribution is 7.48. The second kappa shape index (κ2) is 8.30. The maximum Gasteiger partial charge on any atom is 0.475 e. The smallest absolute Gasteiger partial charge is 0.448 e. The van der Waals surface area contributed by atoms with E-state index in [1.54, 1.807) is 19.9 Å². The first-order valence-electron chi connectivity index (χ1n) is 11.5. The van der Waals surface area contributed by atoms with Crippen LogP contribution in [0, 0.1) is 0 Å². The van der Waals surface area contributed by atoms with Crippen molar-refractivity contribution in [2.75, 3.05) is 11.9 Å². The number of hydrogen-bond acceptors (Lipinski definition) is 10. The van der Waals surface area contributed by atoms with Crippen LogP contribution >= 0.6 is 7.82 Å². The molecule has 198 valence electrons. The van der Waals surface area contributed by atoms with E-state index in [1.165, 1.54) is 18.2 Å². The Bertz CT molecular complexity index is 1380. The SMILES string of the molecule is CC(C)OP1(=O)OC[C@H]2OC(n3ccc(NC(=O)c4ccc5c(c4)OC4(CC4)O5)nc3=O)C(F)(F)[C@@H]2O1. The van der Waals surface area contributed by atoms with Crippen LogP contribution < -0.4 is 20.5 Å². The average molecular weight is 541 g/mol. The first-order valence-corrected chi connectivity index (χ1v) is 13.0. The fraction of sp³-hybridized carbons (Fsp3) is 0.500. The lowest BCUT2D eigenvalue weighted by Gasteiger charge is -2.32. The van der Waals surface area contributed by atoms with E-state index in [0.717, 1.165) is 19.0 Å². The van der Waals surface area contributed by atoms with Crippen molar-refractivity contribution in [3.05, 3.63) is 46.5 Å². The molecular formula is C22H22F2N3O9P. The van der Waals surface area contributed by atoms with Crippen LogP contribution in [0.25, 0.3) is 0 Å². The van der Waals surface area contributed by atoms with Gasteiger partial charge < -0.3 is 19.5 Å². The van der Waals surface area contributed by atoms with Crippen molar-refractivity contribution in [1.29, 1.82) is 0 Å². The molecule has 3 fully saturated rings. The minimum absolute atomic E-state index is 0.157. The third-order valence-corrected chi connectivity index (χ3v) is 7.74. The van der Waals surface area contributed by atoms with Crippen molar-refractivity contribution in [1.82, 2.24) is 9.55 Å². The summed E-state index contributed by atoms with van der Waals surface area (Å²) in [6, 6.07) is 5.82. The van der Waals surface area contributed by atoms with Crippen LogP contribution in [0.3, 0.4) is 0 Å². The van der Waals surface area contributed by atoms with Crippen molar-refractivity contribution >= 4 is 19.5 Å². The van der Waals surface area contributed by atoms with E-state index in [1.807, 2.05) is 0 Å². The number of ether oxygens (including phenoxy) is 3. The zero-order chi connectivity index (χ0) is 26.2. The van der Waals surface area contributed by atoms with Crippen LogP contribution in [-0.4, -0.2) is 52.1 Å². The van der Waals surface area contributed by atoms with Gasteiger partial charge in [0.05, 0.1) is 12.7 Å². The summed E-state index contributed by atoms with van der Waals surface area (Å²) in [5.41, 5.74) is -0.879. The Morgan fingerprint density at radius 2 is 2.00 bits per heavy atom. The predicted molar refractivity (Wildman–Crippen MR) is 120 cm³/mol. The lowest BCUT2D eigenvalue weighted by molar-refractivity contribution is -0.139. The topological polar surface area (TPSA) is 136 Å². The summed E-state index contributed by atoms with van der Waals surface area (Å²) in [4.78, 5) is 29.0. The number of aromatic nitrogens is 2. The number of carbonyl (C=O) groups excluding carboxylic acids is 1. The first kappa shape index (κ1) is 24.4. The fourth-order valence-corrected chi connectivity index (χ4v) is 5.84. The Balaban J connectivity index is 1.17. The molecule has 6 rings (SSSR count). The molecule has 2 saturated heterocycles. The second-order valence-corrected chi connectivity index (χ2v) is 10.9. The molecule has 0 radical (unpaired) electrons. The van der Waals surface area contributed by atoms with Gasteiger partial charge in [-0.1, -0.05) is 0 Å². The van der Waals surface area contributed by atoms with Crippen molar-refractivity contribution < 1.29 is 45.9 Å². The Morgan fingerprint density at radius 3 is 2.70 bits per heavy atom. The molecule has 4 heterocycles. The molecule has 4 aliphatic rings. The van der Waals surface area contributed by atoms with E-state index in [9.17, 15) is 14.2 Å². The number of anilines is 1. The Hall–Kier alpha value is -2.90. The molecule has 2 unspecified atom stereocenters. The monoisotopic (exact) mass is 541 g/mol. The largest absolute Gasteiger partial charge is 0.475 e. The maximum atomic E-state index is 15.2. The summed E-state index contributed by atoms with van der Waals surface area (Å²) in [5.74, 6) is -4.17. The number of carbonyl (C=O) groups is 1. The van der Waals surface area contributed by atoms with Crippen LogP contribution in [0.1, 0.15) is 43.3 Å². The molecule has 3 aliphatic heterocycles. The molecule has 1 spiro atoms. The molecule has 1 aromatic heterocycles. The molecular weight excluding hydrogens is 519 g/mol. The Labute approximate surface area is 208 Å². The third-order valence-electron chi connectivity index (χ3n) is 6.11. The number of amides is 1. The summed E-state index contributed by atoms with van der Waals surface area (Å²) in [7, 11) is -4.24. The van der Waals surface area contributed by atoms with Gasteiger partial charge in [-0.15, -0.1) is 0 Å². The van der Waals surface area contributed by atoms with Gasteiger partial charge in [0.2, 0.25) is 6.23 Å². The maximum absolute atomic E-state index is 15.2. The number of hydrogen-bond donors (Lipinski definition) is 1. The normalized spacial score (nSPS) is 30.4. The van der Waals surface area contributed by atoms with E-state index in [2.05, 4.69) is 10.3 Å². The van der Waals surface area contributed by atoms with Gasteiger partial charge in [0.15, 0.2) is 17.6 Å². The van der Waals surface area contributed by atoms with E-state index >= 15 is 8.78 Å². The van der Waals surface area contributed by atoms with E-state index < -0.39 is 62.3 Å². The molecule has 15 heteroatoms. The first-order chi connectivity index (χ1) is 17.5. The molecule has 1 amide bonds. The molecule has 12 nitrogen and oxygen atoms in total. The molecule has 1 saturated carbocycles. The minimum atomic E-state index is -4.24. The molecule has 1 N–H and O–H groups in total. The molecule has 4 atom stereocenters. The Morgan fingerprint density at radius 1 is 1.24 bits per heavy atom. The average Bonchev–Trinajstić information content (AvgIpc) is 3.38. The lowest BCUT2D eigenvalue weighted by Crippen LogP contribution is -2.45. The molecule has 37 heavy (non-hydrogen) atoms. The highest BCUT2D eigenvalue weighted by Gasteiger charge is 2.65. The zero-order valence-corrected chi connectivity index (χ0v) is 20.5. The molecule has 0 bridgehead atoms. The van der Waals surface area contributed by atoms with Crippen molar-refractivity contribution in [2.24, 2.45) is 0 Å². The number of alkyl halides is 2. The third kappa shape index (κ3) is 4.32. The van der Waals surface area contributed by atoms with E-state index in [-0.39, 0.29) is 11.4 Å². The van der Waals surface area contributed by atoms with Gasteiger partial charge in [0, 0.05) is 24.6 Å². The van der Waals surface area contributed by atoms with Gasteiger partial charge in [-0.2, -0.15) is 13.8 Å². The summed E-state index contributed by atoms with van der Waals surface area (Å²) in [6.07, 6.45) is -3.44. The highest BCUT2D eigenvalue weighted by atomic mass is 31.2. The Kier molecular flexibility index (Phi) is 5.48. The van der Waals surface area contributed by atoms with Gasteiger partial charge >= 0.3 is 19.4 Å². The van der Waals surface area contributed by atoms with E-state index in [0.29, 0.717) is 16.1 Å². The van der Waals surface area contributed by atoms with Crippen LogP contribution in [0.5, 0.6) is 11.5 Å². The lowest BCUT2D eigenvalue weighted by atomic mass is 10.1. The van der Waals surface area contributed by atoms with Gasteiger partial charge in [-0.05, 0) is 38.1 Å². The fourth-order valence-electron chi connectivity index (χ4n) is 4.27. The number of nitrogens with one attached hydrogen (secondary N) is 1. The van der Waals surface area contributed by atoms with Crippen LogP contribution in [0.15, 0.2) is 35.3 Å². The molecule has 1 aliphatic carbocycles. The summed E-state index contributed by atoms with van der Waals surface area (Å²) < 4.78 is 75.4. The number of benzene rings is 1. The van der Waals surface area contributed by atoms with Gasteiger partial charge in [0.1, 0.15) is 11.9 Å². The van der Waals surface area contributed by atoms with Crippen molar-refractivity contribution in [3.8, 4) is 11.5 Å². The van der Waals surface area contributed by atoms with Crippen LogP contribution in [0.2, 0.25) is 0 Å². The number of nitrogens with zero attached hydrogens (tertiary/aromatic N) is 2. The number of phosphoric acid groups is 1. The molecule has 2 aromatic rings. The van der Waals surface area contributed by atoms with Gasteiger partial charge in [-0.3, -0.25) is 22.9 Å². The standard InChI is InChI=1S/C22H22F2N3O9P/c1-11(2)35-37(30)31-10-15-17(36-37)22(23,24)19(32-15)27-8-5-16(26-20(27)29)25-18(28)12-3-4-13-14(9-12)34-21(33-13)6-7-21/h3-5,8-9,11,15,17,19H,6-7,10H2,1-2H3,(H,25,26,28,29)/t15-,17-,19?,37?/m1/s1. The second-order valence-electron chi connectivity index (χ2n) is 9.36. The van der Waals surface area contributed by atoms with Crippen molar-refractivity contribution in [2.45, 2.75) is 62.9 Å². The van der Waals surface area contributed by atoms with Gasteiger partial charge in [0.25, 0.3) is 11.7 Å². The van der Waals surface area contributed by atoms with Crippen LogP contribution in [0.4, 0.5) is 14.6 Å². The quantitative estimate of drug-likeness (QED) is 0.562. The van der Waals surface area contributed by atoms with Gasteiger partial charge in [-0.25, -0.2) is 9.36 Å². The number of phosphoric ester groups is 1. The van der Waals surface area contributed by atoms with E-state index in [4.69, 9.17) is 27.8 Å². The predicted octanol–water partition coefficient (Wildman–Crippen LogP) is 3.24. The van der Waals surface area contributed by atoms with Crippen LogP contribution in [-0.2, 0) is 22.9 Å². The minimum Gasteiger partial charge on any atom is -0.448 e. The summed E-state index contributed by atoms with van der Waals surface area (Å²) >= 11 is 0. The number of fused-ring (bicyclic) bond motifs is 2. The molecule has 1 aromatic carbocycles. The van der Waals surface area contributed by atoms with Crippen molar-refractivity contribution in [3.63, 3.8) is 0 Å². The number of rotatable bonds is 5. The summed E-state index contributed by atoms with van der Waals surface area (Å²) in [6.45, 7) is 2.62. The summed E-state index contributed by atoms with van der Waals surface area (Å²) in [5, 5.41) is 2.46. The highest BCUT2D eigenvalue weighted by Crippen LogP contribution is 2.60. The zero-order valence-electron chi connectivity index (χ0n) is 19.6.